The highest BCUT2D eigenvalue weighted by molar-refractivity contribution is 7.80. The summed E-state index contributed by atoms with van der Waals surface area (Å²) in [6.07, 6.45) is 8.82. The molecule has 0 unspecified atom stereocenters. The Morgan fingerprint density at radius 3 is 2.11 bits per heavy atom. The fraction of sp³-hybridized carbons (Fsp3) is 0.938. The van der Waals surface area contributed by atoms with E-state index >= 15 is 0 Å². The van der Waals surface area contributed by atoms with Gasteiger partial charge in [-0.2, -0.15) is 0 Å². The van der Waals surface area contributed by atoms with Gasteiger partial charge in [0, 0.05) is 19.5 Å². The first-order valence-electron chi connectivity index (χ1n) is 8.15. The van der Waals surface area contributed by atoms with Crippen LogP contribution in [0.25, 0.3) is 0 Å². The Hall–Kier alpha value is -0.150. The molecule has 5 aliphatic rings. The van der Waals surface area contributed by atoms with E-state index in [9.17, 15) is 0 Å². The lowest BCUT2D eigenvalue weighted by Gasteiger charge is -2.55. The average molecular weight is 279 g/mol. The maximum Gasteiger partial charge on any atom is 0.0783 e. The molecule has 4 aliphatic carbocycles. The Kier molecular flexibility index (Phi) is 3.31. The van der Waals surface area contributed by atoms with E-state index in [0.717, 1.165) is 55.9 Å². The van der Waals surface area contributed by atoms with Crippen LogP contribution in [-0.4, -0.2) is 36.2 Å². The van der Waals surface area contributed by atoms with E-state index in [2.05, 4.69) is 4.90 Å². The Balaban J connectivity index is 1.41. The lowest BCUT2D eigenvalue weighted by molar-refractivity contribution is -0.0343. The van der Waals surface area contributed by atoms with Gasteiger partial charge in [0.25, 0.3) is 0 Å². The highest BCUT2D eigenvalue weighted by Crippen LogP contribution is 2.57. The van der Waals surface area contributed by atoms with Crippen LogP contribution in [-0.2, 0) is 4.74 Å². The zero-order valence-corrected chi connectivity index (χ0v) is 12.5. The van der Waals surface area contributed by atoms with Gasteiger partial charge in [-0.15, -0.1) is 0 Å². The molecule has 0 aromatic heterocycles. The summed E-state index contributed by atoms with van der Waals surface area (Å²) < 4.78 is 5.43. The fourth-order valence-corrected chi connectivity index (χ4v) is 5.89. The molecular formula is C16H25NOS. The second kappa shape index (κ2) is 5.00. The molecular weight excluding hydrogens is 254 g/mol. The SMILES string of the molecule is S=C(CC1C2CC3CC(C2)CC1C3)N1CCOCC1. The van der Waals surface area contributed by atoms with Crippen molar-refractivity contribution in [1.29, 1.82) is 0 Å². The van der Waals surface area contributed by atoms with E-state index in [1.165, 1.54) is 37.1 Å². The number of nitrogens with zero attached hydrogens (tertiary/aromatic N) is 1. The third kappa shape index (κ3) is 2.33. The predicted molar refractivity (Wildman–Crippen MR) is 80.1 cm³/mol. The molecule has 106 valence electrons. The van der Waals surface area contributed by atoms with Crippen LogP contribution in [0.5, 0.6) is 0 Å². The summed E-state index contributed by atoms with van der Waals surface area (Å²) in [5, 5.41) is 0. The van der Waals surface area contributed by atoms with Crippen molar-refractivity contribution in [2.45, 2.75) is 38.5 Å². The minimum Gasteiger partial charge on any atom is -0.378 e. The lowest BCUT2D eigenvalue weighted by atomic mass is 9.51. The summed E-state index contributed by atoms with van der Waals surface area (Å²) in [5.74, 6) is 5.10. The van der Waals surface area contributed by atoms with Gasteiger partial charge in [0.05, 0.1) is 18.2 Å². The quantitative estimate of drug-likeness (QED) is 0.721. The zero-order valence-electron chi connectivity index (χ0n) is 11.7. The molecule has 0 atom stereocenters. The summed E-state index contributed by atoms with van der Waals surface area (Å²) in [5.41, 5.74) is 0. The Labute approximate surface area is 121 Å². The van der Waals surface area contributed by atoms with Crippen LogP contribution in [0, 0.1) is 29.6 Å². The van der Waals surface area contributed by atoms with Crippen molar-refractivity contribution < 1.29 is 4.74 Å². The Morgan fingerprint density at radius 2 is 1.53 bits per heavy atom. The first-order chi connectivity index (χ1) is 9.29. The summed E-state index contributed by atoms with van der Waals surface area (Å²) in [7, 11) is 0. The third-order valence-corrected chi connectivity index (χ3v) is 6.62. The topological polar surface area (TPSA) is 12.5 Å². The van der Waals surface area contributed by atoms with Crippen molar-refractivity contribution in [2.24, 2.45) is 29.6 Å². The van der Waals surface area contributed by atoms with Crippen molar-refractivity contribution in [3.05, 3.63) is 0 Å². The first-order valence-corrected chi connectivity index (χ1v) is 8.56. The zero-order chi connectivity index (χ0) is 12.8. The number of hydrogen-bond donors (Lipinski definition) is 0. The van der Waals surface area contributed by atoms with Crippen LogP contribution in [0.4, 0.5) is 0 Å². The van der Waals surface area contributed by atoms with Gasteiger partial charge in [-0.1, -0.05) is 12.2 Å². The van der Waals surface area contributed by atoms with E-state index in [0.29, 0.717) is 0 Å². The Bertz CT molecular complexity index is 336. The average Bonchev–Trinajstić information content (AvgIpc) is 2.43. The number of hydrogen-bond acceptors (Lipinski definition) is 2. The number of rotatable bonds is 2. The van der Waals surface area contributed by atoms with Gasteiger partial charge in [-0.05, 0) is 61.7 Å². The van der Waals surface area contributed by atoms with Gasteiger partial charge >= 0.3 is 0 Å². The fourth-order valence-electron chi connectivity index (χ4n) is 5.51. The maximum atomic E-state index is 5.74. The second-order valence-corrected chi connectivity index (χ2v) is 7.76. The molecule has 0 spiro atoms. The molecule has 19 heavy (non-hydrogen) atoms. The van der Waals surface area contributed by atoms with E-state index in [1.807, 2.05) is 0 Å². The van der Waals surface area contributed by atoms with Gasteiger partial charge in [0.1, 0.15) is 0 Å². The molecule has 1 heterocycles. The van der Waals surface area contributed by atoms with Gasteiger partial charge in [0.2, 0.25) is 0 Å². The molecule has 0 amide bonds. The standard InChI is InChI=1S/C16H25NOS/c19-16(17-1-3-18-4-2-17)10-15-13-6-11-5-12(8-13)9-14(15)7-11/h11-15H,1-10H2. The monoisotopic (exact) mass is 279 g/mol. The van der Waals surface area contributed by atoms with Crippen molar-refractivity contribution in [3.8, 4) is 0 Å². The number of thiocarbonyl (C=S) groups is 1. The molecule has 0 aromatic carbocycles. The van der Waals surface area contributed by atoms with Crippen LogP contribution in [0.1, 0.15) is 38.5 Å². The van der Waals surface area contributed by atoms with E-state index in [-0.39, 0.29) is 0 Å². The molecule has 5 rings (SSSR count). The first kappa shape index (κ1) is 12.6. The molecule has 4 saturated carbocycles. The van der Waals surface area contributed by atoms with Crippen LogP contribution < -0.4 is 0 Å². The molecule has 5 fully saturated rings. The maximum absolute atomic E-state index is 5.74. The third-order valence-electron chi connectivity index (χ3n) is 6.20. The van der Waals surface area contributed by atoms with Gasteiger partial charge in [0.15, 0.2) is 0 Å². The van der Waals surface area contributed by atoms with E-state index < -0.39 is 0 Å². The van der Waals surface area contributed by atoms with Crippen LogP contribution >= 0.6 is 12.2 Å². The highest BCUT2D eigenvalue weighted by atomic mass is 32.1. The molecule has 0 N–H and O–H groups in total. The summed E-state index contributed by atoms with van der Waals surface area (Å²) in [6.45, 7) is 3.77. The molecule has 1 saturated heterocycles. The largest absolute Gasteiger partial charge is 0.378 e. The second-order valence-electron chi connectivity index (χ2n) is 7.29. The summed E-state index contributed by atoms with van der Waals surface area (Å²) >= 11 is 5.74. The lowest BCUT2D eigenvalue weighted by Crippen LogP contribution is -2.47. The molecule has 0 radical (unpaired) electrons. The van der Waals surface area contributed by atoms with Crippen molar-refractivity contribution in [1.82, 2.24) is 4.90 Å². The number of ether oxygens (including phenoxy) is 1. The molecule has 4 bridgehead atoms. The van der Waals surface area contributed by atoms with Gasteiger partial charge in [-0.25, -0.2) is 0 Å². The van der Waals surface area contributed by atoms with Crippen molar-refractivity contribution >= 4 is 17.2 Å². The molecule has 1 aliphatic heterocycles. The van der Waals surface area contributed by atoms with Crippen LogP contribution in [0.2, 0.25) is 0 Å². The van der Waals surface area contributed by atoms with Crippen LogP contribution in [0.3, 0.4) is 0 Å². The van der Waals surface area contributed by atoms with E-state index in [4.69, 9.17) is 17.0 Å². The normalized spacial score (nSPS) is 44.6. The minimum atomic E-state index is 0.863. The number of morpholine rings is 1. The van der Waals surface area contributed by atoms with Gasteiger partial charge in [-0.3, -0.25) is 0 Å². The highest BCUT2D eigenvalue weighted by Gasteiger charge is 2.48. The molecule has 0 aromatic rings. The molecule has 2 nitrogen and oxygen atoms in total. The summed E-state index contributed by atoms with van der Waals surface area (Å²) in [4.78, 5) is 3.64. The van der Waals surface area contributed by atoms with Crippen molar-refractivity contribution in [2.75, 3.05) is 26.3 Å². The predicted octanol–water partition coefficient (Wildman–Crippen LogP) is 3.11. The smallest absolute Gasteiger partial charge is 0.0783 e. The Morgan fingerprint density at radius 1 is 0.947 bits per heavy atom. The van der Waals surface area contributed by atoms with E-state index in [1.54, 1.807) is 6.42 Å². The minimum absolute atomic E-state index is 0.863. The van der Waals surface area contributed by atoms with Gasteiger partial charge < -0.3 is 9.64 Å². The molecule has 3 heteroatoms. The van der Waals surface area contributed by atoms with Crippen LogP contribution in [0.15, 0.2) is 0 Å². The summed E-state index contributed by atoms with van der Waals surface area (Å²) in [6, 6.07) is 0. The van der Waals surface area contributed by atoms with Crippen molar-refractivity contribution in [3.63, 3.8) is 0 Å².